The third-order valence-electron chi connectivity index (χ3n) is 3.10. The lowest BCUT2D eigenvalue weighted by Crippen LogP contribution is -2.05. The molecule has 0 saturated carbocycles. The molecule has 0 radical (unpaired) electrons. The zero-order chi connectivity index (χ0) is 14.0. The zero-order valence-electron chi connectivity index (χ0n) is 10.9. The number of hydrogen-bond donors (Lipinski definition) is 0. The van der Waals surface area contributed by atoms with Crippen molar-refractivity contribution in [1.29, 1.82) is 0 Å². The summed E-state index contributed by atoms with van der Waals surface area (Å²) in [5.74, 6) is -0.509. The highest BCUT2D eigenvalue weighted by Gasteiger charge is 2.15. The first kappa shape index (κ1) is 13.7. The van der Waals surface area contributed by atoms with Gasteiger partial charge in [0.1, 0.15) is 5.82 Å². The average Bonchev–Trinajstić information content (AvgIpc) is 2.34. The standard InChI is InChI=1S/C15H15FO2S/c1-11-3-4-13(9-12(11)2)10-19(17,18)15-7-5-14(16)6-8-15/h3-9H,10H2,1-2H3. The maximum atomic E-state index is 12.8. The van der Waals surface area contributed by atoms with Gasteiger partial charge in [-0.25, -0.2) is 12.8 Å². The highest BCUT2D eigenvalue weighted by atomic mass is 32.2. The van der Waals surface area contributed by atoms with Crippen LogP contribution >= 0.6 is 0 Å². The minimum Gasteiger partial charge on any atom is -0.223 e. The molecule has 0 fully saturated rings. The van der Waals surface area contributed by atoms with Crippen molar-refractivity contribution in [3.63, 3.8) is 0 Å². The topological polar surface area (TPSA) is 34.1 Å². The molecule has 2 aromatic carbocycles. The van der Waals surface area contributed by atoms with E-state index in [0.29, 0.717) is 0 Å². The summed E-state index contributed by atoms with van der Waals surface area (Å²) in [6.45, 7) is 3.93. The molecule has 0 atom stereocenters. The Morgan fingerprint density at radius 2 is 1.58 bits per heavy atom. The summed E-state index contributed by atoms with van der Waals surface area (Å²) in [7, 11) is -3.43. The van der Waals surface area contributed by atoms with Crippen molar-refractivity contribution in [2.45, 2.75) is 24.5 Å². The van der Waals surface area contributed by atoms with Crippen molar-refractivity contribution >= 4 is 9.84 Å². The summed E-state index contributed by atoms with van der Waals surface area (Å²) < 4.78 is 37.2. The van der Waals surface area contributed by atoms with E-state index in [2.05, 4.69) is 0 Å². The molecular weight excluding hydrogens is 263 g/mol. The first-order chi connectivity index (χ1) is 8.88. The number of rotatable bonds is 3. The van der Waals surface area contributed by atoms with Gasteiger partial charge in [0.2, 0.25) is 0 Å². The third-order valence-corrected chi connectivity index (χ3v) is 4.80. The maximum absolute atomic E-state index is 12.8. The molecule has 0 aliphatic rings. The molecule has 0 saturated heterocycles. The van der Waals surface area contributed by atoms with Gasteiger partial charge in [0.15, 0.2) is 9.84 Å². The minimum absolute atomic E-state index is 0.0697. The molecule has 19 heavy (non-hydrogen) atoms. The molecule has 0 aromatic heterocycles. The highest BCUT2D eigenvalue weighted by molar-refractivity contribution is 7.90. The van der Waals surface area contributed by atoms with E-state index in [1.807, 2.05) is 32.0 Å². The number of aryl methyl sites for hydroxylation is 2. The predicted octanol–water partition coefficient (Wildman–Crippen LogP) is 3.42. The third kappa shape index (κ3) is 3.20. The molecule has 2 nitrogen and oxygen atoms in total. The van der Waals surface area contributed by atoms with Crippen LogP contribution in [0.2, 0.25) is 0 Å². The van der Waals surface area contributed by atoms with Gasteiger partial charge in [-0.15, -0.1) is 0 Å². The lowest BCUT2D eigenvalue weighted by atomic mass is 10.1. The molecule has 0 heterocycles. The fourth-order valence-corrected chi connectivity index (χ4v) is 3.17. The van der Waals surface area contributed by atoms with E-state index in [1.54, 1.807) is 0 Å². The van der Waals surface area contributed by atoms with Gasteiger partial charge in [-0.3, -0.25) is 0 Å². The first-order valence-corrected chi connectivity index (χ1v) is 7.58. The van der Waals surface area contributed by atoms with Gasteiger partial charge in [-0.05, 0) is 54.8 Å². The average molecular weight is 278 g/mol. The second kappa shape index (κ2) is 5.13. The van der Waals surface area contributed by atoms with E-state index >= 15 is 0 Å². The van der Waals surface area contributed by atoms with E-state index in [-0.39, 0.29) is 10.6 Å². The van der Waals surface area contributed by atoms with Gasteiger partial charge in [0, 0.05) is 0 Å². The number of hydrogen-bond acceptors (Lipinski definition) is 2. The molecule has 4 heteroatoms. The zero-order valence-corrected chi connectivity index (χ0v) is 11.7. The van der Waals surface area contributed by atoms with Gasteiger partial charge in [-0.1, -0.05) is 18.2 Å². The van der Waals surface area contributed by atoms with Crippen LogP contribution in [0.3, 0.4) is 0 Å². The Hall–Kier alpha value is -1.68. The Morgan fingerprint density at radius 3 is 2.16 bits per heavy atom. The molecule has 0 N–H and O–H groups in total. The number of halogens is 1. The summed E-state index contributed by atoms with van der Waals surface area (Å²) in [6, 6.07) is 10.5. The van der Waals surface area contributed by atoms with Gasteiger partial charge in [0.25, 0.3) is 0 Å². The van der Waals surface area contributed by atoms with Gasteiger partial charge < -0.3 is 0 Å². The van der Waals surface area contributed by atoms with Gasteiger partial charge >= 0.3 is 0 Å². The molecule has 0 bridgehead atoms. The maximum Gasteiger partial charge on any atom is 0.182 e. The van der Waals surface area contributed by atoms with Crippen LogP contribution in [0.5, 0.6) is 0 Å². The van der Waals surface area contributed by atoms with Crippen LogP contribution in [-0.2, 0) is 15.6 Å². The van der Waals surface area contributed by atoms with Crippen LogP contribution in [-0.4, -0.2) is 8.42 Å². The molecule has 0 unspecified atom stereocenters. The van der Waals surface area contributed by atoms with E-state index in [1.165, 1.54) is 12.1 Å². The van der Waals surface area contributed by atoms with Crippen molar-refractivity contribution in [2.24, 2.45) is 0 Å². The Labute approximate surface area is 112 Å². The van der Waals surface area contributed by atoms with Gasteiger partial charge in [0.05, 0.1) is 10.6 Å². The summed E-state index contributed by atoms with van der Waals surface area (Å²) >= 11 is 0. The fraction of sp³-hybridized carbons (Fsp3) is 0.200. The van der Waals surface area contributed by atoms with Crippen molar-refractivity contribution in [3.05, 3.63) is 65.0 Å². The lowest BCUT2D eigenvalue weighted by molar-refractivity contribution is 0.594. The van der Waals surface area contributed by atoms with Crippen molar-refractivity contribution in [1.82, 2.24) is 0 Å². The summed E-state index contributed by atoms with van der Waals surface area (Å²) in [4.78, 5) is 0.145. The largest absolute Gasteiger partial charge is 0.223 e. The predicted molar refractivity (Wildman–Crippen MR) is 73.2 cm³/mol. The Bertz CT molecular complexity index is 689. The Balaban J connectivity index is 2.30. The summed E-state index contributed by atoms with van der Waals surface area (Å²) in [5, 5.41) is 0. The van der Waals surface area contributed by atoms with Crippen LogP contribution < -0.4 is 0 Å². The Morgan fingerprint density at radius 1 is 0.947 bits per heavy atom. The number of benzene rings is 2. The molecule has 0 aliphatic heterocycles. The minimum atomic E-state index is -3.43. The monoisotopic (exact) mass is 278 g/mol. The molecule has 0 amide bonds. The van der Waals surface area contributed by atoms with Crippen molar-refractivity contribution in [2.75, 3.05) is 0 Å². The number of sulfone groups is 1. The molecular formula is C15H15FO2S. The van der Waals surface area contributed by atoms with Crippen molar-refractivity contribution in [3.8, 4) is 0 Å². The van der Waals surface area contributed by atoms with E-state index < -0.39 is 15.7 Å². The molecule has 0 aliphatic carbocycles. The lowest BCUT2D eigenvalue weighted by Gasteiger charge is -2.07. The fourth-order valence-electron chi connectivity index (χ4n) is 1.84. The summed E-state index contributed by atoms with van der Waals surface area (Å²) in [6.07, 6.45) is 0. The normalized spacial score (nSPS) is 11.5. The highest BCUT2D eigenvalue weighted by Crippen LogP contribution is 2.18. The second-order valence-corrected chi connectivity index (χ2v) is 6.62. The van der Waals surface area contributed by atoms with Crippen LogP contribution in [0, 0.1) is 19.7 Å². The quantitative estimate of drug-likeness (QED) is 0.806. The van der Waals surface area contributed by atoms with E-state index in [0.717, 1.165) is 28.8 Å². The van der Waals surface area contributed by atoms with Crippen molar-refractivity contribution < 1.29 is 12.8 Å². The van der Waals surface area contributed by atoms with Crippen LogP contribution in [0.4, 0.5) is 4.39 Å². The molecule has 2 aromatic rings. The summed E-state index contributed by atoms with van der Waals surface area (Å²) in [5.41, 5.74) is 2.93. The van der Waals surface area contributed by atoms with Crippen LogP contribution in [0.1, 0.15) is 16.7 Å². The van der Waals surface area contributed by atoms with E-state index in [9.17, 15) is 12.8 Å². The molecule has 2 rings (SSSR count). The molecule has 100 valence electrons. The van der Waals surface area contributed by atoms with Crippen LogP contribution in [0.25, 0.3) is 0 Å². The SMILES string of the molecule is Cc1ccc(CS(=O)(=O)c2ccc(F)cc2)cc1C. The Kier molecular flexibility index (Phi) is 3.71. The van der Waals surface area contributed by atoms with Gasteiger partial charge in [-0.2, -0.15) is 0 Å². The second-order valence-electron chi connectivity index (χ2n) is 4.63. The molecule has 0 spiro atoms. The van der Waals surface area contributed by atoms with Crippen LogP contribution in [0.15, 0.2) is 47.4 Å². The smallest absolute Gasteiger partial charge is 0.182 e. The van der Waals surface area contributed by atoms with E-state index in [4.69, 9.17) is 0 Å². The first-order valence-electron chi connectivity index (χ1n) is 5.93.